The molecule has 8 heteroatoms. The van der Waals surface area contributed by atoms with Crippen molar-refractivity contribution in [3.05, 3.63) is 83.3 Å². The number of hydrogen-bond acceptors (Lipinski definition) is 5. The molecule has 192 valence electrons. The minimum Gasteiger partial charge on any atom is -0.312 e. The molecule has 0 bridgehead atoms. The van der Waals surface area contributed by atoms with Gasteiger partial charge in [-0.15, -0.1) is 5.10 Å². The molecule has 0 aliphatic carbocycles. The van der Waals surface area contributed by atoms with Gasteiger partial charge in [-0.1, -0.05) is 30.7 Å². The Hall–Kier alpha value is -3.65. The molecule has 1 unspecified atom stereocenters. The molecule has 7 nitrogen and oxygen atoms in total. The van der Waals surface area contributed by atoms with Crippen molar-refractivity contribution in [2.24, 2.45) is 5.92 Å². The maximum Gasteiger partial charge on any atom is 0.231 e. The summed E-state index contributed by atoms with van der Waals surface area (Å²) in [5.41, 5.74) is 3.88. The van der Waals surface area contributed by atoms with E-state index in [0.29, 0.717) is 18.8 Å². The van der Waals surface area contributed by atoms with E-state index in [4.69, 9.17) is 0 Å². The number of aromatic nitrogens is 2. The molecular formula is C29H32FN5O2. The van der Waals surface area contributed by atoms with Crippen molar-refractivity contribution in [2.45, 2.75) is 45.1 Å². The maximum absolute atomic E-state index is 13.0. The molecule has 3 heterocycles. The van der Waals surface area contributed by atoms with Gasteiger partial charge in [-0.25, -0.2) is 4.39 Å². The Labute approximate surface area is 216 Å². The zero-order valence-corrected chi connectivity index (χ0v) is 20.9. The summed E-state index contributed by atoms with van der Waals surface area (Å²) in [7, 11) is 0. The third-order valence-corrected chi connectivity index (χ3v) is 7.15. The number of piperidine rings is 1. The van der Waals surface area contributed by atoms with E-state index in [1.807, 2.05) is 18.2 Å². The lowest BCUT2D eigenvalue weighted by molar-refractivity contribution is -0.122. The Balaban J connectivity index is 1.12. The highest BCUT2D eigenvalue weighted by molar-refractivity contribution is 6.03. The molecule has 1 aromatic heterocycles. The van der Waals surface area contributed by atoms with Gasteiger partial charge in [0.1, 0.15) is 5.82 Å². The first-order valence-corrected chi connectivity index (χ1v) is 13.0. The van der Waals surface area contributed by atoms with E-state index in [-0.39, 0.29) is 24.1 Å². The third kappa shape index (κ3) is 6.57. The number of amides is 2. The first-order valence-electron chi connectivity index (χ1n) is 13.0. The summed E-state index contributed by atoms with van der Waals surface area (Å²) < 4.78 is 13.0. The van der Waals surface area contributed by atoms with Crippen LogP contribution in [0.15, 0.2) is 60.7 Å². The smallest absolute Gasteiger partial charge is 0.231 e. The first-order chi connectivity index (χ1) is 18.0. The van der Waals surface area contributed by atoms with E-state index in [2.05, 4.69) is 32.5 Å². The highest BCUT2D eigenvalue weighted by Crippen LogP contribution is 2.27. The second kappa shape index (κ2) is 11.6. The van der Waals surface area contributed by atoms with Gasteiger partial charge in [0.05, 0.1) is 11.6 Å². The highest BCUT2D eigenvalue weighted by Gasteiger charge is 2.35. The second-order valence-corrected chi connectivity index (χ2v) is 9.93. The van der Waals surface area contributed by atoms with Crippen molar-refractivity contribution in [1.82, 2.24) is 15.1 Å². The normalized spacial score (nSPS) is 18.2. The number of halogens is 1. The predicted molar refractivity (Wildman–Crippen MR) is 140 cm³/mol. The summed E-state index contributed by atoms with van der Waals surface area (Å²) in [5, 5.41) is 11.1. The standard InChI is InChI=1S/C29H32FN5O2/c30-24-9-4-21(5-10-24)6-11-25-12-15-27(33-32-25)31-29(37)23-18-28(36)35(20-23)26-13-7-22(8-14-26)19-34-16-2-1-3-17-34/h4-5,7-10,12-15,23H,1-3,6,11,16-20H2,(H,31,33,37). The number of nitrogens with one attached hydrogen (secondary N) is 1. The summed E-state index contributed by atoms with van der Waals surface area (Å²) in [4.78, 5) is 29.7. The number of aryl methyl sites for hydroxylation is 2. The SMILES string of the molecule is O=C(Nc1ccc(CCc2ccc(F)cc2)nn1)C1CC(=O)N(c2ccc(CN3CCCCC3)cc2)C1. The quantitative estimate of drug-likeness (QED) is 0.496. The van der Waals surface area contributed by atoms with Crippen LogP contribution in [0.3, 0.4) is 0 Å². The van der Waals surface area contributed by atoms with Crippen LogP contribution in [-0.4, -0.2) is 46.5 Å². The number of benzene rings is 2. The van der Waals surface area contributed by atoms with Gasteiger partial charge in [0.2, 0.25) is 11.8 Å². The van der Waals surface area contributed by atoms with E-state index < -0.39 is 5.92 Å². The maximum atomic E-state index is 13.0. The van der Waals surface area contributed by atoms with Crippen LogP contribution in [-0.2, 0) is 29.0 Å². The summed E-state index contributed by atoms with van der Waals surface area (Å²) in [5.74, 6) is -0.613. The zero-order chi connectivity index (χ0) is 25.6. The van der Waals surface area contributed by atoms with Crippen molar-refractivity contribution >= 4 is 23.3 Å². The lowest BCUT2D eigenvalue weighted by Crippen LogP contribution is -2.29. The monoisotopic (exact) mass is 501 g/mol. The number of hydrogen-bond donors (Lipinski definition) is 1. The van der Waals surface area contributed by atoms with Crippen molar-refractivity contribution in [1.29, 1.82) is 0 Å². The predicted octanol–water partition coefficient (Wildman–Crippen LogP) is 4.38. The molecule has 2 amide bonds. The van der Waals surface area contributed by atoms with Crippen LogP contribution in [0.1, 0.15) is 42.5 Å². The third-order valence-electron chi connectivity index (χ3n) is 7.15. The van der Waals surface area contributed by atoms with Crippen LogP contribution in [0.2, 0.25) is 0 Å². The molecule has 0 saturated carbocycles. The molecule has 3 aromatic rings. The molecule has 2 saturated heterocycles. The highest BCUT2D eigenvalue weighted by atomic mass is 19.1. The Kier molecular flexibility index (Phi) is 7.84. The fraction of sp³-hybridized carbons (Fsp3) is 0.379. The molecule has 2 aliphatic rings. The van der Waals surface area contributed by atoms with Crippen LogP contribution in [0.5, 0.6) is 0 Å². The Morgan fingerprint density at radius 3 is 2.32 bits per heavy atom. The fourth-order valence-electron chi connectivity index (χ4n) is 5.00. The molecular weight excluding hydrogens is 469 g/mol. The van der Waals surface area contributed by atoms with Crippen molar-refractivity contribution in [3.8, 4) is 0 Å². The molecule has 0 spiro atoms. The average Bonchev–Trinajstić information content (AvgIpc) is 3.32. The van der Waals surface area contributed by atoms with Gasteiger partial charge >= 0.3 is 0 Å². The Bertz CT molecular complexity index is 1210. The van der Waals surface area contributed by atoms with Crippen LogP contribution >= 0.6 is 0 Å². The number of nitrogens with zero attached hydrogens (tertiary/aromatic N) is 4. The van der Waals surface area contributed by atoms with E-state index in [1.165, 1.54) is 37.0 Å². The van der Waals surface area contributed by atoms with Crippen LogP contribution < -0.4 is 10.2 Å². The topological polar surface area (TPSA) is 78.4 Å². The average molecular weight is 502 g/mol. The molecule has 0 radical (unpaired) electrons. The fourth-order valence-corrected chi connectivity index (χ4v) is 5.00. The van der Waals surface area contributed by atoms with Crippen LogP contribution in [0.25, 0.3) is 0 Å². The van der Waals surface area contributed by atoms with Gasteiger partial charge in [0.25, 0.3) is 0 Å². The number of carbonyl (C=O) groups excluding carboxylic acids is 2. The number of rotatable bonds is 8. The molecule has 2 aliphatic heterocycles. The molecule has 1 atom stereocenters. The molecule has 1 N–H and O–H groups in total. The van der Waals surface area contributed by atoms with Gasteiger partial charge in [-0.3, -0.25) is 14.5 Å². The number of carbonyl (C=O) groups is 2. The first kappa shape index (κ1) is 25.0. The summed E-state index contributed by atoms with van der Waals surface area (Å²) >= 11 is 0. The molecule has 2 fully saturated rings. The zero-order valence-electron chi connectivity index (χ0n) is 20.9. The van der Waals surface area contributed by atoms with E-state index in [1.54, 1.807) is 23.1 Å². The number of likely N-dealkylation sites (tertiary alicyclic amines) is 1. The summed E-state index contributed by atoms with van der Waals surface area (Å²) in [6, 6.07) is 18.1. The molecule has 37 heavy (non-hydrogen) atoms. The molecule has 5 rings (SSSR count). The van der Waals surface area contributed by atoms with Gasteiger partial charge in [0, 0.05) is 25.2 Å². The van der Waals surface area contributed by atoms with E-state index >= 15 is 0 Å². The van der Waals surface area contributed by atoms with Crippen molar-refractivity contribution in [3.63, 3.8) is 0 Å². The largest absolute Gasteiger partial charge is 0.312 e. The lowest BCUT2D eigenvalue weighted by Gasteiger charge is -2.26. The van der Waals surface area contributed by atoms with Gasteiger partial charge in [0.15, 0.2) is 5.82 Å². The van der Waals surface area contributed by atoms with E-state index in [0.717, 1.165) is 43.0 Å². The number of anilines is 2. The second-order valence-electron chi connectivity index (χ2n) is 9.93. The van der Waals surface area contributed by atoms with Gasteiger partial charge in [-0.2, -0.15) is 5.10 Å². The van der Waals surface area contributed by atoms with Crippen LogP contribution in [0, 0.1) is 11.7 Å². The van der Waals surface area contributed by atoms with E-state index in [9.17, 15) is 14.0 Å². The summed E-state index contributed by atoms with van der Waals surface area (Å²) in [6.45, 7) is 3.57. The minimum absolute atomic E-state index is 0.0499. The minimum atomic E-state index is -0.444. The lowest BCUT2D eigenvalue weighted by atomic mass is 10.1. The van der Waals surface area contributed by atoms with Crippen molar-refractivity contribution < 1.29 is 14.0 Å². The van der Waals surface area contributed by atoms with Crippen molar-refractivity contribution in [2.75, 3.05) is 29.9 Å². The summed E-state index contributed by atoms with van der Waals surface area (Å²) in [6.07, 6.45) is 5.40. The van der Waals surface area contributed by atoms with Crippen LogP contribution in [0.4, 0.5) is 15.9 Å². The Morgan fingerprint density at radius 1 is 0.892 bits per heavy atom. The molecule has 2 aromatic carbocycles. The van der Waals surface area contributed by atoms with Gasteiger partial charge in [-0.05, 0) is 86.3 Å². The Morgan fingerprint density at radius 2 is 1.62 bits per heavy atom. The van der Waals surface area contributed by atoms with Gasteiger partial charge < -0.3 is 10.2 Å².